The highest BCUT2D eigenvalue weighted by Crippen LogP contribution is 2.23. The predicted octanol–water partition coefficient (Wildman–Crippen LogP) is 1.82. The normalized spacial score (nSPS) is 11.8. The van der Waals surface area contributed by atoms with E-state index in [9.17, 15) is 0 Å². The Morgan fingerprint density at radius 3 is 2.90 bits per heavy atom. The number of halogens is 1. The highest BCUT2D eigenvalue weighted by molar-refractivity contribution is 6.31. The van der Waals surface area contributed by atoms with Crippen LogP contribution < -0.4 is 15.8 Å². The molecule has 0 fully saturated rings. The Kier molecular flexibility index (Phi) is 7.85. The Morgan fingerprint density at radius 2 is 2.29 bits per heavy atom. The average molecular weight is 315 g/mol. The zero-order valence-corrected chi connectivity index (χ0v) is 13.5. The summed E-state index contributed by atoms with van der Waals surface area (Å²) in [6.07, 6.45) is 1.69. The van der Waals surface area contributed by atoms with Crippen LogP contribution >= 0.6 is 11.6 Å². The van der Waals surface area contributed by atoms with Gasteiger partial charge in [-0.25, -0.2) is 9.98 Å². The Balaban J connectivity index is 2.53. The predicted molar refractivity (Wildman–Crippen MR) is 84.8 cm³/mol. The van der Waals surface area contributed by atoms with Crippen LogP contribution in [0, 0.1) is 5.92 Å². The Labute approximate surface area is 130 Å². The first-order valence-corrected chi connectivity index (χ1v) is 7.20. The lowest BCUT2D eigenvalue weighted by atomic mass is 10.2. The standard InChI is InChI=1S/C14H23ClN4O2/c1-10(2)9-21-13-12(15)6-11(7-18-13)8-19-14(16)17-4-5-20-3/h6-7,10H,4-5,8-9H2,1-3H3,(H3,16,17,19). The quantitative estimate of drug-likeness (QED) is 0.434. The fourth-order valence-corrected chi connectivity index (χ4v) is 1.66. The summed E-state index contributed by atoms with van der Waals surface area (Å²) in [5, 5.41) is 3.42. The Bertz CT molecular complexity index is 466. The van der Waals surface area contributed by atoms with Crippen molar-refractivity contribution in [1.29, 1.82) is 0 Å². The molecular weight excluding hydrogens is 292 g/mol. The molecule has 0 aliphatic heterocycles. The molecule has 0 saturated heterocycles. The van der Waals surface area contributed by atoms with E-state index < -0.39 is 0 Å². The molecular formula is C14H23ClN4O2. The van der Waals surface area contributed by atoms with Gasteiger partial charge in [0.2, 0.25) is 5.88 Å². The number of methoxy groups -OCH3 is 1. The van der Waals surface area contributed by atoms with Gasteiger partial charge in [-0.05, 0) is 17.5 Å². The maximum Gasteiger partial charge on any atom is 0.232 e. The second-order valence-corrected chi connectivity index (χ2v) is 5.36. The van der Waals surface area contributed by atoms with Gasteiger partial charge in [0.25, 0.3) is 0 Å². The van der Waals surface area contributed by atoms with Crippen molar-refractivity contribution in [2.75, 3.05) is 26.9 Å². The fraction of sp³-hybridized carbons (Fsp3) is 0.571. The molecule has 0 spiro atoms. The summed E-state index contributed by atoms with van der Waals surface area (Å²) in [6.45, 7) is 6.31. The number of hydrogen-bond acceptors (Lipinski definition) is 4. The molecule has 0 aliphatic carbocycles. The molecule has 7 heteroatoms. The minimum Gasteiger partial charge on any atom is -0.476 e. The number of pyridine rings is 1. The van der Waals surface area contributed by atoms with Gasteiger partial charge >= 0.3 is 0 Å². The van der Waals surface area contributed by atoms with E-state index in [-0.39, 0.29) is 0 Å². The van der Waals surface area contributed by atoms with Gasteiger partial charge in [0.15, 0.2) is 5.96 Å². The minimum absolute atomic E-state index is 0.364. The summed E-state index contributed by atoms with van der Waals surface area (Å²) >= 11 is 6.13. The maximum absolute atomic E-state index is 6.13. The molecule has 21 heavy (non-hydrogen) atoms. The van der Waals surface area contributed by atoms with Crippen LogP contribution in [0.15, 0.2) is 17.3 Å². The molecule has 1 aromatic rings. The largest absolute Gasteiger partial charge is 0.476 e. The smallest absolute Gasteiger partial charge is 0.232 e. The summed E-state index contributed by atoms with van der Waals surface area (Å²) in [5.74, 6) is 1.23. The lowest BCUT2D eigenvalue weighted by Crippen LogP contribution is -2.34. The molecule has 0 amide bonds. The van der Waals surface area contributed by atoms with E-state index in [0.717, 1.165) is 5.56 Å². The van der Waals surface area contributed by atoms with E-state index in [2.05, 4.69) is 29.1 Å². The highest BCUT2D eigenvalue weighted by atomic mass is 35.5. The molecule has 1 aromatic heterocycles. The van der Waals surface area contributed by atoms with Gasteiger partial charge in [0.1, 0.15) is 5.02 Å². The second-order valence-electron chi connectivity index (χ2n) is 4.96. The van der Waals surface area contributed by atoms with Gasteiger partial charge in [0.05, 0.1) is 19.8 Å². The molecule has 3 N–H and O–H groups in total. The molecule has 0 saturated carbocycles. The van der Waals surface area contributed by atoms with Crippen LogP contribution in [0.25, 0.3) is 0 Å². The molecule has 1 heterocycles. The van der Waals surface area contributed by atoms with E-state index >= 15 is 0 Å². The minimum atomic E-state index is 0.364. The monoisotopic (exact) mass is 314 g/mol. The van der Waals surface area contributed by atoms with E-state index in [1.165, 1.54) is 0 Å². The van der Waals surface area contributed by atoms with Gasteiger partial charge in [-0.15, -0.1) is 0 Å². The molecule has 0 bridgehead atoms. The molecule has 0 aliphatic rings. The van der Waals surface area contributed by atoms with Crippen LogP contribution in [0.3, 0.4) is 0 Å². The number of hydrogen-bond donors (Lipinski definition) is 2. The topological polar surface area (TPSA) is 81.8 Å². The first-order valence-electron chi connectivity index (χ1n) is 6.83. The average Bonchev–Trinajstić information content (AvgIpc) is 2.44. The van der Waals surface area contributed by atoms with Crippen molar-refractivity contribution in [1.82, 2.24) is 10.3 Å². The Morgan fingerprint density at radius 1 is 1.52 bits per heavy atom. The van der Waals surface area contributed by atoms with E-state index in [1.54, 1.807) is 19.4 Å². The number of aliphatic imine (C=N–C) groups is 1. The zero-order chi connectivity index (χ0) is 15.7. The van der Waals surface area contributed by atoms with Crippen molar-refractivity contribution >= 4 is 17.6 Å². The molecule has 0 radical (unpaired) electrons. The number of nitrogens with two attached hydrogens (primary N) is 1. The van der Waals surface area contributed by atoms with Gasteiger partial charge in [-0.1, -0.05) is 25.4 Å². The van der Waals surface area contributed by atoms with Crippen molar-refractivity contribution in [3.05, 3.63) is 22.8 Å². The number of guanidine groups is 1. The summed E-state index contributed by atoms with van der Waals surface area (Å²) in [5.41, 5.74) is 6.59. The van der Waals surface area contributed by atoms with Crippen LogP contribution in [0.4, 0.5) is 0 Å². The van der Waals surface area contributed by atoms with E-state index in [0.29, 0.717) is 49.1 Å². The molecule has 6 nitrogen and oxygen atoms in total. The number of rotatable bonds is 8. The van der Waals surface area contributed by atoms with E-state index in [1.807, 2.05) is 0 Å². The summed E-state index contributed by atoms with van der Waals surface area (Å²) in [6, 6.07) is 1.79. The van der Waals surface area contributed by atoms with Crippen LogP contribution in [-0.4, -0.2) is 37.8 Å². The molecule has 118 valence electrons. The number of ether oxygens (including phenoxy) is 2. The van der Waals surface area contributed by atoms with Crippen molar-refractivity contribution in [2.45, 2.75) is 20.4 Å². The number of nitrogens with zero attached hydrogens (tertiary/aromatic N) is 2. The lowest BCUT2D eigenvalue weighted by molar-refractivity contribution is 0.204. The first-order chi connectivity index (χ1) is 10.0. The van der Waals surface area contributed by atoms with Crippen molar-refractivity contribution in [3.8, 4) is 5.88 Å². The maximum atomic E-state index is 6.13. The van der Waals surface area contributed by atoms with Crippen molar-refractivity contribution in [3.63, 3.8) is 0 Å². The van der Waals surface area contributed by atoms with Gasteiger partial charge in [-0.2, -0.15) is 0 Å². The van der Waals surface area contributed by atoms with Crippen molar-refractivity contribution in [2.24, 2.45) is 16.6 Å². The first kappa shape index (κ1) is 17.5. The van der Waals surface area contributed by atoms with Crippen LogP contribution in [0.2, 0.25) is 5.02 Å². The second kappa shape index (κ2) is 9.41. The van der Waals surface area contributed by atoms with Gasteiger partial charge < -0.3 is 20.5 Å². The van der Waals surface area contributed by atoms with E-state index in [4.69, 9.17) is 26.8 Å². The molecule has 1 rings (SSSR count). The molecule has 0 atom stereocenters. The highest BCUT2D eigenvalue weighted by Gasteiger charge is 2.06. The molecule has 0 unspecified atom stereocenters. The summed E-state index contributed by atoms with van der Waals surface area (Å²) < 4.78 is 10.4. The summed E-state index contributed by atoms with van der Waals surface area (Å²) in [4.78, 5) is 8.40. The fourth-order valence-electron chi connectivity index (χ4n) is 1.42. The third-order valence-electron chi connectivity index (χ3n) is 2.46. The molecule has 0 aromatic carbocycles. The van der Waals surface area contributed by atoms with Crippen LogP contribution in [-0.2, 0) is 11.3 Å². The summed E-state index contributed by atoms with van der Waals surface area (Å²) in [7, 11) is 1.63. The number of aromatic nitrogens is 1. The van der Waals surface area contributed by atoms with Crippen molar-refractivity contribution < 1.29 is 9.47 Å². The van der Waals surface area contributed by atoms with Gasteiger partial charge in [-0.3, -0.25) is 0 Å². The Hall–Kier alpha value is -1.53. The number of nitrogens with one attached hydrogen (secondary N) is 1. The third-order valence-corrected chi connectivity index (χ3v) is 2.73. The lowest BCUT2D eigenvalue weighted by Gasteiger charge is -2.10. The third kappa shape index (κ3) is 7.15. The van der Waals surface area contributed by atoms with Crippen LogP contribution in [0.5, 0.6) is 5.88 Å². The SMILES string of the molecule is COCCNC(N)=NCc1cnc(OCC(C)C)c(Cl)c1. The zero-order valence-electron chi connectivity index (χ0n) is 12.7. The van der Waals surface area contributed by atoms with Gasteiger partial charge in [0, 0.05) is 19.9 Å². The van der Waals surface area contributed by atoms with Crippen LogP contribution in [0.1, 0.15) is 19.4 Å².